The van der Waals surface area contributed by atoms with E-state index in [-0.39, 0.29) is 0 Å². The number of piperidine rings is 1. The van der Waals surface area contributed by atoms with Gasteiger partial charge < -0.3 is 15.1 Å². The molecule has 0 bridgehead atoms. The van der Waals surface area contributed by atoms with Crippen molar-refractivity contribution in [2.45, 2.75) is 33.1 Å². The molecule has 0 radical (unpaired) electrons. The van der Waals surface area contributed by atoms with Crippen LogP contribution in [0.3, 0.4) is 0 Å². The molecule has 2 aliphatic heterocycles. The minimum atomic E-state index is 0.438. The molecule has 164 valence electrons. The van der Waals surface area contributed by atoms with E-state index in [1.54, 1.807) is 0 Å². The minimum Gasteiger partial charge on any atom is -0.371 e. The van der Waals surface area contributed by atoms with Crippen LogP contribution >= 0.6 is 0 Å². The van der Waals surface area contributed by atoms with Crippen molar-refractivity contribution in [1.82, 2.24) is 30.0 Å². The molecular weight excluding hydrogens is 388 g/mol. The second-order valence-corrected chi connectivity index (χ2v) is 9.04. The first-order valence-corrected chi connectivity index (χ1v) is 11.3. The van der Waals surface area contributed by atoms with E-state index in [1.165, 1.54) is 11.4 Å². The quantitative estimate of drug-likeness (QED) is 0.697. The van der Waals surface area contributed by atoms with Crippen LogP contribution < -0.4 is 15.1 Å². The molecule has 0 spiro atoms. The number of hydrogen-bond donors (Lipinski definition) is 1. The fourth-order valence-electron chi connectivity index (χ4n) is 5.14. The Morgan fingerprint density at radius 3 is 2.58 bits per heavy atom. The molecule has 0 unspecified atom stereocenters. The Kier molecular flexibility index (Phi) is 5.25. The van der Waals surface area contributed by atoms with Crippen LogP contribution in [0.1, 0.15) is 36.3 Å². The molecule has 0 aromatic carbocycles. The van der Waals surface area contributed by atoms with Gasteiger partial charge in [0.15, 0.2) is 5.65 Å². The molecular formula is C23H32N8. The van der Waals surface area contributed by atoms with Gasteiger partial charge in [0.2, 0.25) is 0 Å². The van der Waals surface area contributed by atoms with E-state index in [4.69, 9.17) is 9.97 Å². The number of hydrogen-bond acceptors (Lipinski definition) is 7. The molecule has 8 nitrogen and oxygen atoms in total. The Morgan fingerprint density at radius 2 is 1.84 bits per heavy atom. The van der Waals surface area contributed by atoms with Crippen LogP contribution in [0, 0.1) is 19.8 Å². The summed E-state index contributed by atoms with van der Waals surface area (Å²) in [4.78, 5) is 19.4. The van der Waals surface area contributed by atoms with E-state index < -0.39 is 0 Å². The lowest BCUT2D eigenvalue weighted by atomic mass is 9.83. The molecule has 2 saturated heterocycles. The summed E-state index contributed by atoms with van der Waals surface area (Å²) in [5.74, 6) is 1.94. The lowest BCUT2D eigenvalue weighted by Crippen LogP contribution is -2.44. The molecule has 5 rings (SSSR count). The van der Waals surface area contributed by atoms with Crippen LogP contribution in [0.15, 0.2) is 18.5 Å². The monoisotopic (exact) mass is 420 g/mol. The highest BCUT2D eigenvalue weighted by Gasteiger charge is 2.31. The number of fused-ring (bicyclic) bond motifs is 1. The van der Waals surface area contributed by atoms with Gasteiger partial charge in [0.1, 0.15) is 5.82 Å². The third-order valence-electron chi connectivity index (χ3n) is 6.82. The number of aryl methyl sites for hydroxylation is 3. The summed E-state index contributed by atoms with van der Waals surface area (Å²) in [5, 5.41) is 8.97. The van der Waals surface area contributed by atoms with Crippen molar-refractivity contribution < 1.29 is 0 Å². The summed E-state index contributed by atoms with van der Waals surface area (Å²) in [6.07, 6.45) is 5.00. The highest BCUT2D eigenvalue weighted by molar-refractivity contribution is 5.89. The number of piperazine rings is 1. The molecule has 2 aliphatic rings. The Hall–Kier alpha value is -2.74. The van der Waals surface area contributed by atoms with Gasteiger partial charge in [-0.3, -0.25) is 9.67 Å². The first kappa shape index (κ1) is 20.2. The van der Waals surface area contributed by atoms with Gasteiger partial charge in [0.05, 0.1) is 34.9 Å². The lowest BCUT2D eigenvalue weighted by molar-refractivity contribution is 0.375. The number of anilines is 2. The molecule has 0 saturated carbocycles. The van der Waals surface area contributed by atoms with Crippen LogP contribution in [0.5, 0.6) is 0 Å². The van der Waals surface area contributed by atoms with Crippen LogP contribution in [0.25, 0.3) is 11.0 Å². The van der Waals surface area contributed by atoms with Gasteiger partial charge in [0.25, 0.3) is 0 Å². The van der Waals surface area contributed by atoms with Crippen LogP contribution in [0.4, 0.5) is 11.5 Å². The molecule has 31 heavy (non-hydrogen) atoms. The smallest absolute Gasteiger partial charge is 0.159 e. The molecule has 0 aliphatic carbocycles. The Morgan fingerprint density at radius 1 is 1.03 bits per heavy atom. The summed E-state index contributed by atoms with van der Waals surface area (Å²) in [5.41, 5.74) is 5.48. The van der Waals surface area contributed by atoms with E-state index in [0.29, 0.717) is 11.8 Å². The van der Waals surface area contributed by atoms with Crippen LogP contribution in [0.2, 0.25) is 0 Å². The Bertz CT molecular complexity index is 1080. The van der Waals surface area contributed by atoms with E-state index >= 15 is 0 Å². The topological polar surface area (TPSA) is 75.0 Å². The van der Waals surface area contributed by atoms with Gasteiger partial charge >= 0.3 is 0 Å². The van der Waals surface area contributed by atoms with Gasteiger partial charge in [-0.25, -0.2) is 9.97 Å². The molecule has 0 amide bonds. The predicted molar refractivity (Wildman–Crippen MR) is 124 cm³/mol. The second kappa shape index (κ2) is 8.07. The summed E-state index contributed by atoms with van der Waals surface area (Å²) in [7, 11) is 1.96. The number of nitrogens with zero attached hydrogens (tertiary/aromatic N) is 7. The summed E-state index contributed by atoms with van der Waals surface area (Å²) < 4.78 is 1.86. The highest BCUT2D eigenvalue weighted by atomic mass is 15.3. The molecule has 1 N–H and O–H groups in total. The van der Waals surface area contributed by atoms with Crippen LogP contribution in [-0.2, 0) is 7.05 Å². The zero-order valence-electron chi connectivity index (χ0n) is 19.0. The van der Waals surface area contributed by atoms with Gasteiger partial charge in [0, 0.05) is 57.9 Å². The molecule has 8 heteroatoms. The molecule has 5 heterocycles. The zero-order valence-corrected chi connectivity index (χ0v) is 19.0. The van der Waals surface area contributed by atoms with E-state index in [9.17, 15) is 0 Å². The summed E-state index contributed by atoms with van der Waals surface area (Å²) >= 11 is 0. The summed E-state index contributed by atoms with van der Waals surface area (Å²) in [6, 6.07) is 2.20. The molecule has 3 aromatic heterocycles. The van der Waals surface area contributed by atoms with Gasteiger partial charge in [-0.05, 0) is 32.3 Å². The lowest BCUT2D eigenvalue weighted by Gasteiger charge is -2.38. The number of rotatable bonds is 3. The van der Waals surface area contributed by atoms with Crippen molar-refractivity contribution >= 4 is 22.5 Å². The van der Waals surface area contributed by atoms with Gasteiger partial charge in [-0.15, -0.1) is 0 Å². The van der Waals surface area contributed by atoms with Crippen molar-refractivity contribution in [2.75, 3.05) is 49.1 Å². The third-order valence-corrected chi connectivity index (χ3v) is 6.82. The van der Waals surface area contributed by atoms with E-state index in [0.717, 1.165) is 73.9 Å². The normalized spacial score (nSPS) is 22.3. The SMILES string of the molecule is Cc1cc(N2CC[C@@H](c3ncc(N4CCNCC4)nc3C)[C@H](C)C2)c2cnn(C)c2n1. The van der Waals surface area contributed by atoms with Crippen molar-refractivity contribution in [3.63, 3.8) is 0 Å². The standard InChI is InChI=1S/C23H32N8/c1-15-14-31(20-11-16(2)27-23-19(20)12-26-29(23)4)8-5-18(15)22-17(3)28-21(13-25-22)30-9-6-24-7-10-30/h11-13,15,18,24H,5-10,14H2,1-4H3/t15-,18-/m1/s1. The first-order chi connectivity index (χ1) is 15.0. The van der Waals surface area contributed by atoms with Crippen molar-refractivity contribution in [2.24, 2.45) is 13.0 Å². The maximum absolute atomic E-state index is 4.94. The van der Waals surface area contributed by atoms with Crippen molar-refractivity contribution in [1.29, 1.82) is 0 Å². The second-order valence-electron chi connectivity index (χ2n) is 9.04. The number of nitrogens with one attached hydrogen (secondary N) is 1. The average Bonchev–Trinajstić information content (AvgIpc) is 3.14. The largest absolute Gasteiger partial charge is 0.371 e. The Labute approximate surface area is 183 Å². The van der Waals surface area contributed by atoms with Gasteiger partial charge in [-0.2, -0.15) is 5.10 Å². The van der Waals surface area contributed by atoms with Crippen LogP contribution in [-0.4, -0.2) is 64.0 Å². The third kappa shape index (κ3) is 3.73. The average molecular weight is 421 g/mol. The number of pyridine rings is 1. The maximum atomic E-state index is 4.94. The molecule has 3 aromatic rings. The fourth-order valence-corrected chi connectivity index (χ4v) is 5.14. The van der Waals surface area contributed by atoms with Gasteiger partial charge in [-0.1, -0.05) is 6.92 Å². The molecule has 2 atom stereocenters. The maximum Gasteiger partial charge on any atom is 0.159 e. The summed E-state index contributed by atoms with van der Waals surface area (Å²) in [6.45, 7) is 12.5. The van der Waals surface area contributed by atoms with E-state index in [1.807, 2.05) is 24.1 Å². The fraction of sp³-hybridized carbons (Fsp3) is 0.565. The first-order valence-electron chi connectivity index (χ1n) is 11.3. The van der Waals surface area contributed by atoms with Crippen molar-refractivity contribution in [3.05, 3.63) is 35.5 Å². The highest BCUT2D eigenvalue weighted by Crippen LogP contribution is 2.37. The minimum absolute atomic E-state index is 0.438. The predicted octanol–water partition coefficient (Wildman–Crippen LogP) is 2.41. The van der Waals surface area contributed by atoms with E-state index in [2.05, 4.69) is 52.0 Å². The molecule has 2 fully saturated rings. The number of aromatic nitrogens is 5. The van der Waals surface area contributed by atoms with Crippen molar-refractivity contribution in [3.8, 4) is 0 Å². The zero-order chi connectivity index (χ0) is 21.5. The Balaban J connectivity index is 1.36.